The van der Waals surface area contributed by atoms with Crippen molar-refractivity contribution in [3.8, 4) is 0 Å². The molecule has 1 saturated heterocycles. The molecule has 0 radical (unpaired) electrons. The van der Waals surface area contributed by atoms with Gasteiger partial charge in [0.2, 0.25) is 5.91 Å². The van der Waals surface area contributed by atoms with Gasteiger partial charge in [0, 0.05) is 33.2 Å². The summed E-state index contributed by atoms with van der Waals surface area (Å²) in [5.41, 5.74) is 0. The summed E-state index contributed by atoms with van der Waals surface area (Å²) in [6, 6.07) is 0.0377. The molecule has 1 unspecified atom stereocenters. The molecule has 4 nitrogen and oxygen atoms in total. The number of carbonyl (C=O) groups excluding carboxylic acids is 1. The first-order chi connectivity index (χ1) is 8.31. The minimum absolute atomic E-state index is 0.0377. The zero-order chi connectivity index (χ0) is 12.1. The molecule has 0 aromatic rings. The number of nitrogens with one attached hydrogen (secondary N) is 2. The molecule has 0 spiro atoms. The summed E-state index contributed by atoms with van der Waals surface area (Å²) < 4.78 is 0. The van der Waals surface area contributed by atoms with Crippen LogP contribution >= 0.6 is 0 Å². The van der Waals surface area contributed by atoms with Crippen molar-refractivity contribution in [1.82, 2.24) is 15.5 Å². The highest BCUT2D eigenvalue weighted by atomic mass is 16.2. The monoisotopic (exact) mass is 239 g/mol. The number of hydrogen-bond acceptors (Lipinski definition) is 3. The molecule has 1 heterocycles. The molecule has 1 aliphatic carbocycles. The van der Waals surface area contributed by atoms with E-state index < -0.39 is 0 Å². The molecule has 0 aromatic heterocycles. The number of carbonyl (C=O) groups is 1. The van der Waals surface area contributed by atoms with Gasteiger partial charge in [-0.15, -0.1) is 0 Å². The second-order valence-electron chi connectivity index (χ2n) is 5.33. The Balaban J connectivity index is 1.88. The Labute approximate surface area is 104 Å². The van der Waals surface area contributed by atoms with Crippen molar-refractivity contribution in [2.75, 3.05) is 33.2 Å². The van der Waals surface area contributed by atoms with E-state index >= 15 is 0 Å². The molecule has 0 bridgehead atoms. The Kier molecular flexibility index (Phi) is 4.80. The average molecular weight is 239 g/mol. The van der Waals surface area contributed by atoms with Gasteiger partial charge < -0.3 is 10.6 Å². The van der Waals surface area contributed by atoms with Crippen LogP contribution in [0.2, 0.25) is 0 Å². The molecule has 2 rings (SSSR count). The van der Waals surface area contributed by atoms with E-state index in [1.54, 1.807) is 7.05 Å². The third-order valence-electron chi connectivity index (χ3n) is 4.12. The van der Waals surface area contributed by atoms with Crippen molar-refractivity contribution in [3.63, 3.8) is 0 Å². The highest BCUT2D eigenvalue weighted by molar-refractivity contribution is 5.81. The van der Waals surface area contributed by atoms with Gasteiger partial charge in [-0.05, 0) is 18.8 Å². The van der Waals surface area contributed by atoms with Gasteiger partial charge in [-0.1, -0.05) is 19.3 Å². The van der Waals surface area contributed by atoms with Gasteiger partial charge in [-0.2, -0.15) is 0 Å². The van der Waals surface area contributed by atoms with E-state index in [9.17, 15) is 4.79 Å². The fraction of sp³-hybridized carbons (Fsp3) is 0.923. The van der Waals surface area contributed by atoms with Crippen LogP contribution in [0.5, 0.6) is 0 Å². The smallest absolute Gasteiger partial charge is 0.238 e. The standard InChI is InChI=1S/C13H25N3O/c1-14-13(17)12-9-15-7-8-16(12)10-11-5-3-2-4-6-11/h11-12,15H,2-10H2,1H3,(H,14,17). The van der Waals surface area contributed by atoms with Crippen molar-refractivity contribution in [3.05, 3.63) is 0 Å². The molecule has 98 valence electrons. The van der Waals surface area contributed by atoms with Crippen LogP contribution in [0.1, 0.15) is 32.1 Å². The van der Waals surface area contributed by atoms with Gasteiger partial charge in [-0.25, -0.2) is 0 Å². The van der Waals surface area contributed by atoms with Gasteiger partial charge in [0.15, 0.2) is 0 Å². The minimum Gasteiger partial charge on any atom is -0.358 e. The van der Waals surface area contributed by atoms with Crippen molar-refractivity contribution >= 4 is 5.91 Å². The quantitative estimate of drug-likeness (QED) is 0.757. The maximum atomic E-state index is 11.8. The lowest BCUT2D eigenvalue weighted by Gasteiger charge is -2.38. The Morgan fingerprint density at radius 1 is 1.35 bits per heavy atom. The number of piperazine rings is 1. The van der Waals surface area contributed by atoms with Gasteiger partial charge in [0.1, 0.15) is 6.04 Å². The Morgan fingerprint density at radius 3 is 2.82 bits per heavy atom. The number of amides is 1. The third kappa shape index (κ3) is 3.42. The Bertz CT molecular complexity index is 251. The topological polar surface area (TPSA) is 44.4 Å². The second kappa shape index (κ2) is 6.36. The molecule has 1 amide bonds. The molecule has 17 heavy (non-hydrogen) atoms. The van der Waals surface area contributed by atoms with Gasteiger partial charge in [0.25, 0.3) is 0 Å². The molecule has 1 saturated carbocycles. The first-order valence-corrected chi connectivity index (χ1v) is 6.97. The van der Waals surface area contributed by atoms with Crippen LogP contribution in [-0.4, -0.2) is 50.1 Å². The number of rotatable bonds is 3. The van der Waals surface area contributed by atoms with Crippen molar-refractivity contribution < 1.29 is 4.79 Å². The number of hydrogen-bond donors (Lipinski definition) is 2. The summed E-state index contributed by atoms with van der Waals surface area (Å²) in [5, 5.41) is 6.10. The molecule has 2 fully saturated rings. The predicted molar refractivity (Wildman–Crippen MR) is 68.9 cm³/mol. The molecule has 2 N–H and O–H groups in total. The normalized spacial score (nSPS) is 27.9. The molecule has 2 aliphatic rings. The number of likely N-dealkylation sites (N-methyl/N-ethyl adjacent to an activating group) is 1. The number of nitrogens with zero attached hydrogens (tertiary/aromatic N) is 1. The fourth-order valence-electron chi connectivity index (χ4n) is 3.09. The average Bonchev–Trinajstić information content (AvgIpc) is 2.40. The summed E-state index contributed by atoms with van der Waals surface area (Å²) in [5.74, 6) is 0.974. The van der Waals surface area contributed by atoms with Crippen LogP contribution in [0.15, 0.2) is 0 Å². The SMILES string of the molecule is CNC(=O)C1CNCCN1CC1CCCCC1. The Morgan fingerprint density at radius 2 is 2.12 bits per heavy atom. The van der Waals surface area contributed by atoms with Crippen LogP contribution in [0.25, 0.3) is 0 Å². The van der Waals surface area contributed by atoms with E-state index in [2.05, 4.69) is 15.5 Å². The van der Waals surface area contributed by atoms with Gasteiger partial charge >= 0.3 is 0 Å². The van der Waals surface area contributed by atoms with Crippen LogP contribution < -0.4 is 10.6 Å². The highest BCUT2D eigenvalue weighted by Gasteiger charge is 2.29. The van der Waals surface area contributed by atoms with Crippen molar-refractivity contribution in [2.45, 2.75) is 38.1 Å². The van der Waals surface area contributed by atoms with Gasteiger partial charge in [0.05, 0.1) is 0 Å². The molecular formula is C13H25N3O. The van der Waals surface area contributed by atoms with Crippen LogP contribution in [-0.2, 0) is 4.79 Å². The first-order valence-electron chi connectivity index (χ1n) is 6.97. The van der Waals surface area contributed by atoms with E-state index in [1.165, 1.54) is 32.1 Å². The fourth-order valence-corrected chi connectivity index (χ4v) is 3.09. The van der Waals surface area contributed by atoms with Crippen LogP contribution in [0.4, 0.5) is 0 Å². The zero-order valence-corrected chi connectivity index (χ0v) is 10.9. The summed E-state index contributed by atoms with van der Waals surface area (Å²) in [6.45, 7) is 3.93. The van der Waals surface area contributed by atoms with Crippen molar-refractivity contribution in [1.29, 1.82) is 0 Å². The maximum absolute atomic E-state index is 11.8. The summed E-state index contributed by atoms with van der Waals surface area (Å²) >= 11 is 0. The van der Waals surface area contributed by atoms with Crippen LogP contribution in [0, 0.1) is 5.92 Å². The highest BCUT2D eigenvalue weighted by Crippen LogP contribution is 2.25. The maximum Gasteiger partial charge on any atom is 0.238 e. The summed E-state index contributed by atoms with van der Waals surface area (Å²) in [4.78, 5) is 14.2. The second-order valence-corrected chi connectivity index (χ2v) is 5.33. The lowest BCUT2D eigenvalue weighted by molar-refractivity contribution is -0.126. The van der Waals surface area contributed by atoms with Crippen molar-refractivity contribution in [2.24, 2.45) is 5.92 Å². The predicted octanol–water partition coefficient (Wildman–Crippen LogP) is 0.587. The zero-order valence-electron chi connectivity index (χ0n) is 10.9. The molecule has 1 atom stereocenters. The molecule has 1 aliphatic heterocycles. The molecule has 4 heteroatoms. The molecular weight excluding hydrogens is 214 g/mol. The van der Waals surface area contributed by atoms with E-state index in [-0.39, 0.29) is 11.9 Å². The minimum atomic E-state index is 0.0377. The summed E-state index contributed by atoms with van der Waals surface area (Å²) in [6.07, 6.45) is 6.86. The first kappa shape index (κ1) is 12.8. The van der Waals surface area contributed by atoms with E-state index in [0.29, 0.717) is 0 Å². The third-order valence-corrected chi connectivity index (χ3v) is 4.12. The van der Waals surface area contributed by atoms with E-state index in [0.717, 1.165) is 32.1 Å². The van der Waals surface area contributed by atoms with Crippen LogP contribution in [0.3, 0.4) is 0 Å². The van der Waals surface area contributed by atoms with E-state index in [1.807, 2.05) is 0 Å². The lowest BCUT2D eigenvalue weighted by atomic mass is 9.88. The molecule has 0 aromatic carbocycles. The van der Waals surface area contributed by atoms with E-state index in [4.69, 9.17) is 0 Å². The largest absolute Gasteiger partial charge is 0.358 e. The lowest BCUT2D eigenvalue weighted by Crippen LogP contribution is -2.58. The summed E-state index contributed by atoms with van der Waals surface area (Å²) in [7, 11) is 1.73. The Hall–Kier alpha value is -0.610. The van der Waals surface area contributed by atoms with Gasteiger partial charge in [-0.3, -0.25) is 9.69 Å².